The molecular weight excluding hydrogens is 516 g/mol. The number of ether oxygens (including phenoxy) is 2. The predicted molar refractivity (Wildman–Crippen MR) is 121 cm³/mol. The lowest BCUT2D eigenvalue weighted by atomic mass is 9.76. The smallest absolute Gasteiger partial charge is 0.306 e. The van der Waals surface area contributed by atoms with Crippen molar-refractivity contribution < 1.29 is 56.4 Å². The van der Waals surface area contributed by atoms with E-state index in [1.807, 2.05) is 0 Å². The lowest BCUT2D eigenvalue weighted by Gasteiger charge is -2.27. The van der Waals surface area contributed by atoms with E-state index < -0.39 is 94.1 Å². The summed E-state index contributed by atoms with van der Waals surface area (Å²) in [5.41, 5.74) is -2.07. The zero-order valence-electron chi connectivity index (χ0n) is 19.9. The van der Waals surface area contributed by atoms with E-state index in [9.17, 15) is 47.0 Å². The molecule has 38 heavy (non-hydrogen) atoms. The van der Waals surface area contributed by atoms with Crippen molar-refractivity contribution in [3.05, 3.63) is 93.5 Å². The van der Waals surface area contributed by atoms with Gasteiger partial charge in [0, 0.05) is 11.8 Å². The van der Waals surface area contributed by atoms with Gasteiger partial charge in [-0.25, -0.2) is 17.6 Å². The van der Waals surface area contributed by atoms with E-state index in [2.05, 4.69) is 9.47 Å². The summed E-state index contributed by atoms with van der Waals surface area (Å²) < 4.78 is 64.1. The van der Waals surface area contributed by atoms with Gasteiger partial charge in [-0.1, -0.05) is 12.1 Å². The van der Waals surface area contributed by atoms with Crippen LogP contribution in [0.4, 0.5) is 17.6 Å². The molecule has 1 aliphatic rings. The van der Waals surface area contributed by atoms with E-state index in [1.165, 1.54) is 0 Å². The summed E-state index contributed by atoms with van der Waals surface area (Å²) in [6.45, 7) is 0. The zero-order chi connectivity index (χ0) is 28.3. The Hall–Kier alpha value is -4.48. The van der Waals surface area contributed by atoms with Crippen LogP contribution in [0.3, 0.4) is 0 Å². The van der Waals surface area contributed by atoms with Crippen molar-refractivity contribution in [1.82, 2.24) is 0 Å². The van der Waals surface area contributed by atoms with Crippen LogP contribution in [0.15, 0.2) is 59.1 Å². The molecule has 200 valence electrons. The van der Waals surface area contributed by atoms with E-state index in [0.29, 0.717) is 24.3 Å². The van der Waals surface area contributed by atoms with Crippen LogP contribution in [-0.2, 0) is 28.7 Å². The van der Waals surface area contributed by atoms with Crippen LogP contribution >= 0.6 is 0 Å². The molecule has 2 aromatic carbocycles. The minimum atomic E-state index is -1.57. The zero-order valence-corrected chi connectivity index (χ0v) is 19.9. The second kappa shape index (κ2) is 11.3. The summed E-state index contributed by atoms with van der Waals surface area (Å²) in [6, 6.07) is 4.66. The molecule has 0 unspecified atom stereocenters. The van der Waals surface area contributed by atoms with E-state index in [-0.39, 0.29) is 11.1 Å². The van der Waals surface area contributed by atoms with Gasteiger partial charge in [-0.15, -0.1) is 0 Å². The van der Waals surface area contributed by atoms with Crippen molar-refractivity contribution in [2.24, 2.45) is 0 Å². The standard InChI is InChI=1S/C26H20F4O8/c1-37-19(31)9-13(11-3-5-15(27)17(29)7-11)21-23(33)25(35)22(26(36)24(21)34)14(10-20(32)38-2)12-4-6-16(28)18(30)8-12/h3-8,13-14,33,36H,9-10H2,1-2H3/t13-,14+. The molecule has 0 saturated heterocycles. The minimum absolute atomic E-state index is 0.208. The van der Waals surface area contributed by atoms with Crippen LogP contribution in [0.1, 0.15) is 35.8 Å². The Morgan fingerprint density at radius 1 is 0.684 bits per heavy atom. The number of hydrogen-bond donors (Lipinski definition) is 2. The number of carbonyl (C=O) groups is 4. The Morgan fingerprint density at radius 2 is 1.03 bits per heavy atom. The number of aliphatic hydroxyl groups is 2. The fourth-order valence-corrected chi connectivity index (χ4v) is 4.09. The Morgan fingerprint density at radius 3 is 1.32 bits per heavy atom. The number of hydrogen-bond acceptors (Lipinski definition) is 8. The van der Waals surface area contributed by atoms with Gasteiger partial charge in [0.1, 0.15) is 0 Å². The van der Waals surface area contributed by atoms with Gasteiger partial charge in [0.2, 0.25) is 11.6 Å². The van der Waals surface area contributed by atoms with Crippen molar-refractivity contribution in [3.8, 4) is 0 Å². The maximum Gasteiger partial charge on any atom is 0.306 e. The molecule has 0 aliphatic heterocycles. The molecule has 0 heterocycles. The largest absolute Gasteiger partial charge is 0.504 e. The molecule has 2 atom stereocenters. The summed E-state index contributed by atoms with van der Waals surface area (Å²) in [6.07, 6.45) is -1.45. The number of esters is 2. The molecule has 12 heteroatoms. The van der Waals surface area contributed by atoms with Gasteiger partial charge in [0.05, 0.1) is 38.2 Å². The summed E-state index contributed by atoms with van der Waals surface area (Å²) in [5.74, 6) is -15.6. The molecule has 8 nitrogen and oxygen atoms in total. The first-order valence-corrected chi connectivity index (χ1v) is 10.9. The van der Waals surface area contributed by atoms with E-state index in [0.717, 1.165) is 26.4 Å². The topological polar surface area (TPSA) is 127 Å². The highest BCUT2D eigenvalue weighted by molar-refractivity contribution is 6.24. The van der Waals surface area contributed by atoms with E-state index in [1.54, 1.807) is 0 Å². The second-order valence-corrected chi connectivity index (χ2v) is 8.20. The molecule has 0 bridgehead atoms. The molecule has 0 aromatic heterocycles. The third-order valence-electron chi connectivity index (χ3n) is 6.02. The fourth-order valence-electron chi connectivity index (χ4n) is 4.09. The molecule has 3 rings (SSSR count). The van der Waals surface area contributed by atoms with Crippen molar-refractivity contribution in [2.75, 3.05) is 14.2 Å². The first kappa shape index (κ1) is 28.1. The number of aliphatic hydroxyl groups excluding tert-OH is 2. The second-order valence-electron chi connectivity index (χ2n) is 8.20. The molecule has 2 N–H and O–H groups in total. The van der Waals surface area contributed by atoms with Crippen molar-refractivity contribution >= 4 is 23.5 Å². The van der Waals surface area contributed by atoms with Gasteiger partial charge in [0.15, 0.2) is 34.8 Å². The van der Waals surface area contributed by atoms with Crippen LogP contribution in [0.2, 0.25) is 0 Å². The molecular formula is C26H20F4O8. The minimum Gasteiger partial charge on any atom is -0.504 e. The number of ketones is 2. The van der Waals surface area contributed by atoms with Crippen LogP contribution < -0.4 is 0 Å². The fraction of sp³-hybridized carbons (Fsp3) is 0.231. The number of carbonyl (C=O) groups excluding carboxylic acids is 4. The quantitative estimate of drug-likeness (QED) is 0.294. The van der Waals surface area contributed by atoms with Gasteiger partial charge >= 0.3 is 11.9 Å². The van der Waals surface area contributed by atoms with Crippen LogP contribution in [0.25, 0.3) is 0 Å². The van der Waals surface area contributed by atoms with Gasteiger partial charge in [-0.2, -0.15) is 0 Å². The van der Waals surface area contributed by atoms with E-state index >= 15 is 0 Å². The lowest BCUT2D eigenvalue weighted by molar-refractivity contribution is -0.142. The molecule has 0 amide bonds. The Balaban J connectivity index is 2.18. The number of allylic oxidation sites excluding steroid dienone is 2. The number of Topliss-reactive ketones (excluding diaryl/α,β-unsaturated/α-hetero) is 2. The first-order chi connectivity index (χ1) is 17.9. The summed E-state index contributed by atoms with van der Waals surface area (Å²) in [7, 11) is 2.00. The average molecular weight is 536 g/mol. The van der Waals surface area contributed by atoms with Crippen molar-refractivity contribution in [2.45, 2.75) is 24.7 Å². The number of rotatable bonds is 8. The average Bonchev–Trinajstić information content (AvgIpc) is 2.89. The highest BCUT2D eigenvalue weighted by atomic mass is 19.2. The molecule has 0 fully saturated rings. The third-order valence-corrected chi connectivity index (χ3v) is 6.02. The van der Waals surface area contributed by atoms with Crippen molar-refractivity contribution in [1.29, 1.82) is 0 Å². The molecule has 2 aromatic rings. The summed E-state index contributed by atoms with van der Waals surface area (Å²) in [4.78, 5) is 50.7. The summed E-state index contributed by atoms with van der Waals surface area (Å²) >= 11 is 0. The van der Waals surface area contributed by atoms with Crippen LogP contribution in [-0.4, -0.2) is 47.9 Å². The highest BCUT2D eigenvalue weighted by Gasteiger charge is 2.43. The monoisotopic (exact) mass is 536 g/mol. The molecule has 0 spiro atoms. The Kier molecular flexibility index (Phi) is 8.34. The SMILES string of the molecule is COC(=O)C[C@H](C1=C(O)C(=O)C([C@H](CC(=O)OC)c2ccc(F)c(F)c2)=C(O)C1=O)c1ccc(F)c(F)c1. The third kappa shape index (κ3) is 5.43. The lowest BCUT2D eigenvalue weighted by Crippen LogP contribution is -2.31. The van der Waals surface area contributed by atoms with Gasteiger partial charge < -0.3 is 19.7 Å². The van der Waals surface area contributed by atoms with Gasteiger partial charge in [-0.05, 0) is 35.4 Å². The highest BCUT2D eigenvalue weighted by Crippen LogP contribution is 2.41. The van der Waals surface area contributed by atoms with Gasteiger partial charge in [0.25, 0.3) is 0 Å². The molecule has 1 aliphatic carbocycles. The maximum absolute atomic E-state index is 14.0. The Labute approximate surface area is 212 Å². The predicted octanol–water partition coefficient (Wildman–Crippen LogP) is 4.01. The number of benzene rings is 2. The van der Waals surface area contributed by atoms with Crippen LogP contribution in [0, 0.1) is 23.3 Å². The van der Waals surface area contributed by atoms with Crippen LogP contribution in [0.5, 0.6) is 0 Å². The molecule has 0 radical (unpaired) electrons. The normalized spacial score (nSPS) is 15.4. The van der Waals surface area contributed by atoms with Crippen molar-refractivity contribution in [3.63, 3.8) is 0 Å². The maximum atomic E-state index is 14.0. The summed E-state index contributed by atoms with van der Waals surface area (Å²) in [5, 5.41) is 21.6. The number of halogens is 4. The number of methoxy groups -OCH3 is 2. The first-order valence-electron chi connectivity index (χ1n) is 10.9. The van der Waals surface area contributed by atoms with Gasteiger partial charge in [-0.3, -0.25) is 19.2 Å². The van der Waals surface area contributed by atoms with E-state index in [4.69, 9.17) is 0 Å². The molecule has 0 saturated carbocycles. The Bertz CT molecular complexity index is 1290.